The Morgan fingerprint density at radius 3 is 2.65 bits per heavy atom. The van der Waals surface area contributed by atoms with Gasteiger partial charge in [-0.15, -0.1) is 0 Å². The van der Waals surface area contributed by atoms with Crippen molar-refractivity contribution < 1.29 is 9.53 Å². The van der Waals surface area contributed by atoms with Crippen molar-refractivity contribution in [3.8, 4) is 11.3 Å². The van der Waals surface area contributed by atoms with E-state index in [1.165, 1.54) is 0 Å². The zero-order valence-electron chi connectivity index (χ0n) is 19.8. The molecule has 0 N–H and O–H groups in total. The van der Waals surface area contributed by atoms with Crippen molar-refractivity contribution in [1.29, 1.82) is 0 Å². The number of ether oxygens (including phenoxy) is 1. The van der Waals surface area contributed by atoms with Gasteiger partial charge in [-0.2, -0.15) is 15.3 Å². The number of carbonyl (C=O) groups excluding carboxylic acids is 1. The van der Waals surface area contributed by atoms with Crippen LogP contribution >= 0.6 is 11.6 Å². The summed E-state index contributed by atoms with van der Waals surface area (Å²) in [6.07, 6.45) is 5.10. The predicted molar refractivity (Wildman–Crippen MR) is 135 cm³/mol. The van der Waals surface area contributed by atoms with Crippen LogP contribution in [0.1, 0.15) is 12.0 Å². The van der Waals surface area contributed by atoms with E-state index in [9.17, 15) is 4.79 Å². The lowest BCUT2D eigenvalue weighted by Crippen LogP contribution is -2.34. The summed E-state index contributed by atoms with van der Waals surface area (Å²) < 4.78 is 7.85. The number of carbonyl (C=O) groups is 1. The first kappa shape index (κ1) is 23.2. The molecule has 3 unspecified atom stereocenters. The molecule has 34 heavy (non-hydrogen) atoms. The highest BCUT2D eigenvalue weighted by atomic mass is 35.5. The standard InChI is InChI=1S/C25H30ClN5O2Si/c1-34(2,3)11-10-33-16-30-24(14-22(29-30)18-8-9-27-28-15-18)31-23-13-20(23)21(25(31)32)12-17-4-6-19(26)7-5-17/h4-9,14-15,20-21,23H,10-13,16H2,1-3H3. The number of rotatable bonds is 9. The van der Waals surface area contributed by atoms with Gasteiger partial charge in [-0.25, -0.2) is 4.68 Å². The molecule has 7 nitrogen and oxygen atoms in total. The lowest BCUT2D eigenvalue weighted by atomic mass is 9.95. The lowest BCUT2D eigenvalue weighted by molar-refractivity contribution is -0.121. The van der Waals surface area contributed by atoms with Gasteiger partial charge in [0.05, 0.1) is 18.1 Å². The Hall–Kier alpha value is -2.55. The topological polar surface area (TPSA) is 73.1 Å². The average molecular weight is 496 g/mol. The average Bonchev–Trinajstić information content (AvgIpc) is 3.38. The van der Waals surface area contributed by atoms with Crippen LogP contribution in [-0.2, 0) is 22.7 Å². The molecule has 178 valence electrons. The number of aromatic nitrogens is 4. The third kappa shape index (κ3) is 4.94. The maximum absolute atomic E-state index is 13.6. The molecule has 2 fully saturated rings. The highest BCUT2D eigenvalue weighted by Crippen LogP contribution is 2.52. The Balaban J connectivity index is 1.38. The summed E-state index contributed by atoms with van der Waals surface area (Å²) in [5.41, 5.74) is 2.78. The third-order valence-electron chi connectivity index (χ3n) is 6.67. The lowest BCUT2D eigenvalue weighted by Gasteiger charge is -2.22. The maximum Gasteiger partial charge on any atom is 0.232 e. The van der Waals surface area contributed by atoms with Gasteiger partial charge >= 0.3 is 0 Å². The van der Waals surface area contributed by atoms with Gasteiger partial charge in [-0.1, -0.05) is 43.4 Å². The smallest absolute Gasteiger partial charge is 0.232 e. The number of piperidine rings is 1. The number of hydrogen-bond acceptors (Lipinski definition) is 5. The molecule has 0 bridgehead atoms. The molecule has 1 aromatic carbocycles. The van der Waals surface area contributed by atoms with Crippen molar-refractivity contribution in [2.75, 3.05) is 11.5 Å². The Kier molecular flexibility index (Phi) is 6.31. The second kappa shape index (κ2) is 9.24. The molecule has 5 rings (SSSR count). The minimum atomic E-state index is -1.19. The summed E-state index contributed by atoms with van der Waals surface area (Å²) in [6.45, 7) is 8.02. The molecule has 2 aromatic heterocycles. The van der Waals surface area contributed by atoms with E-state index < -0.39 is 8.07 Å². The van der Waals surface area contributed by atoms with Gasteiger partial charge < -0.3 is 4.74 Å². The highest BCUT2D eigenvalue weighted by molar-refractivity contribution is 6.76. The molecule has 2 aliphatic rings. The van der Waals surface area contributed by atoms with Crippen molar-refractivity contribution >= 4 is 31.4 Å². The van der Waals surface area contributed by atoms with Crippen LogP contribution in [0.3, 0.4) is 0 Å². The summed E-state index contributed by atoms with van der Waals surface area (Å²) in [6, 6.07) is 13.0. The maximum atomic E-state index is 13.6. The fourth-order valence-electron chi connectivity index (χ4n) is 4.66. The van der Waals surface area contributed by atoms with Gasteiger partial charge in [-0.05, 0) is 48.6 Å². The molecule has 0 spiro atoms. The number of halogens is 1. The molecule has 3 aromatic rings. The van der Waals surface area contributed by atoms with Crippen LogP contribution < -0.4 is 4.90 Å². The number of fused-ring (bicyclic) bond motifs is 1. The minimum Gasteiger partial charge on any atom is -0.359 e. The van der Waals surface area contributed by atoms with E-state index in [1.807, 2.05) is 46.0 Å². The van der Waals surface area contributed by atoms with E-state index >= 15 is 0 Å². The van der Waals surface area contributed by atoms with Crippen LogP contribution in [0.25, 0.3) is 11.3 Å². The molecular formula is C25H30ClN5O2Si. The zero-order chi connectivity index (χ0) is 23.9. The number of benzene rings is 1. The van der Waals surface area contributed by atoms with E-state index in [-0.39, 0.29) is 17.9 Å². The molecular weight excluding hydrogens is 466 g/mol. The predicted octanol–water partition coefficient (Wildman–Crippen LogP) is 4.90. The largest absolute Gasteiger partial charge is 0.359 e. The molecule has 3 atom stereocenters. The van der Waals surface area contributed by atoms with Gasteiger partial charge in [0.25, 0.3) is 0 Å². The quantitative estimate of drug-likeness (QED) is 0.312. The fraction of sp³-hybridized carbons (Fsp3) is 0.440. The van der Waals surface area contributed by atoms with Crippen molar-refractivity contribution in [2.45, 2.75) is 51.3 Å². The van der Waals surface area contributed by atoms with Gasteiger partial charge in [0.15, 0.2) is 0 Å². The number of amides is 1. The summed E-state index contributed by atoms with van der Waals surface area (Å²) in [5, 5.41) is 13.4. The van der Waals surface area contributed by atoms with Crippen molar-refractivity contribution in [2.24, 2.45) is 11.8 Å². The van der Waals surface area contributed by atoms with Crippen LogP contribution in [0.5, 0.6) is 0 Å². The molecule has 3 heterocycles. The van der Waals surface area contributed by atoms with E-state index in [0.717, 1.165) is 41.5 Å². The normalized spacial score (nSPS) is 21.7. The number of anilines is 1. The first-order valence-electron chi connectivity index (χ1n) is 11.8. The molecule has 1 aliphatic carbocycles. The molecule has 1 saturated carbocycles. The molecule has 1 saturated heterocycles. The Morgan fingerprint density at radius 1 is 1.15 bits per heavy atom. The van der Waals surface area contributed by atoms with Crippen molar-refractivity contribution in [3.63, 3.8) is 0 Å². The van der Waals surface area contributed by atoms with Crippen LogP contribution in [0.2, 0.25) is 30.7 Å². The van der Waals surface area contributed by atoms with Gasteiger partial charge in [0, 0.05) is 43.3 Å². The molecule has 1 aliphatic heterocycles. The number of nitrogens with zero attached hydrogens (tertiary/aromatic N) is 5. The molecule has 9 heteroatoms. The van der Waals surface area contributed by atoms with Crippen molar-refractivity contribution in [1.82, 2.24) is 20.0 Å². The first-order chi connectivity index (χ1) is 16.3. The van der Waals surface area contributed by atoms with Gasteiger partial charge in [0.1, 0.15) is 12.5 Å². The van der Waals surface area contributed by atoms with E-state index in [1.54, 1.807) is 12.4 Å². The Labute approximate surface area is 206 Å². The first-order valence-corrected chi connectivity index (χ1v) is 15.9. The molecule has 1 amide bonds. The fourth-order valence-corrected chi connectivity index (χ4v) is 5.54. The van der Waals surface area contributed by atoms with Gasteiger partial charge in [-0.3, -0.25) is 9.69 Å². The molecule has 0 radical (unpaired) electrons. The second-order valence-corrected chi connectivity index (χ2v) is 16.5. The van der Waals surface area contributed by atoms with E-state index in [4.69, 9.17) is 21.4 Å². The summed E-state index contributed by atoms with van der Waals surface area (Å²) >= 11 is 6.04. The van der Waals surface area contributed by atoms with E-state index in [2.05, 4.69) is 29.8 Å². The second-order valence-electron chi connectivity index (χ2n) is 10.5. The summed E-state index contributed by atoms with van der Waals surface area (Å²) in [7, 11) is -1.19. The monoisotopic (exact) mass is 495 g/mol. The SMILES string of the molecule is C[Si](C)(C)CCOCn1nc(-c2ccnnc2)cc1N1C(=O)C(Cc2ccc(Cl)cc2)C2CC21. The number of hydrogen-bond donors (Lipinski definition) is 0. The van der Waals surface area contributed by atoms with E-state index in [0.29, 0.717) is 24.3 Å². The van der Waals surface area contributed by atoms with Crippen LogP contribution in [0.4, 0.5) is 5.82 Å². The van der Waals surface area contributed by atoms with Gasteiger partial charge in [0.2, 0.25) is 5.91 Å². The van der Waals surface area contributed by atoms with Crippen LogP contribution in [0, 0.1) is 11.8 Å². The van der Waals surface area contributed by atoms with Crippen LogP contribution in [-0.4, -0.2) is 46.6 Å². The zero-order valence-corrected chi connectivity index (χ0v) is 21.6. The van der Waals surface area contributed by atoms with Crippen molar-refractivity contribution in [3.05, 3.63) is 59.4 Å². The summed E-state index contributed by atoms with van der Waals surface area (Å²) in [5.74, 6) is 1.33. The van der Waals surface area contributed by atoms with Crippen LogP contribution in [0.15, 0.2) is 48.8 Å². The highest BCUT2D eigenvalue weighted by Gasteiger charge is 2.59. The minimum absolute atomic E-state index is 0.0200. The Morgan fingerprint density at radius 2 is 1.94 bits per heavy atom. The summed E-state index contributed by atoms with van der Waals surface area (Å²) in [4.78, 5) is 15.5. The Bertz CT molecular complexity index is 1160. The third-order valence-corrected chi connectivity index (χ3v) is 8.63.